The number of carbonyl (C=O) groups is 1. The van der Waals surface area contributed by atoms with Crippen LogP contribution in [0.3, 0.4) is 0 Å². The van der Waals surface area contributed by atoms with Gasteiger partial charge in [-0.15, -0.1) is 0 Å². The van der Waals surface area contributed by atoms with Crippen molar-refractivity contribution < 1.29 is 14.3 Å². The number of pyridine rings is 1. The maximum absolute atomic E-state index is 11.6. The number of hydrogen-bond acceptors (Lipinski definition) is 5. The Balaban J connectivity index is 2.24. The van der Waals surface area contributed by atoms with Gasteiger partial charge in [0.1, 0.15) is 11.4 Å². The minimum atomic E-state index is -0.424. The summed E-state index contributed by atoms with van der Waals surface area (Å²) in [5.41, 5.74) is 0.364. The van der Waals surface area contributed by atoms with Gasteiger partial charge in [-0.25, -0.2) is 4.79 Å². The topological polar surface area (TPSA) is 51.7 Å². The third kappa shape index (κ3) is 3.16. The molecule has 0 saturated carbocycles. The van der Waals surface area contributed by atoms with Crippen molar-refractivity contribution >= 4 is 11.8 Å². The molecule has 19 heavy (non-hydrogen) atoms. The quantitative estimate of drug-likeness (QED) is 0.784. The van der Waals surface area contributed by atoms with Gasteiger partial charge in [-0.05, 0) is 25.0 Å². The fourth-order valence-electron chi connectivity index (χ4n) is 2.33. The molecular formula is C14H20N2O3. The minimum absolute atomic E-state index is 0.327. The summed E-state index contributed by atoms with van der Waals surface area (Å²) in [4.78, 5) is 18.3. The molecule has 0 radical (unpaired) electrons. The van der Waals surface area contributed by atoms with Crippen molar-refractivity contribution in [2.75, 3.05) is 32.2 Å². The molecule has 2 rings (SSSR count). The van der Waals surface area contributed by atoms with Gasteiger partial charge >= 0.3 is 5.97 Å². The number of hydrogen-bond donors (Lipinski definition) is 0. The molecule has 0 bridgehead atoms. The standard InChI is InChI=1S/C14H20N2O3/c1-18-13-11(14(17)19-2)7-8-12(15-13)16-9-5-3-4-6-10-16/h7-8H,3-6,9-10H2,1-2H3. The second-order valence-corrected chi connectivity index (χ2v) is 4.62. The summed E-state index contributed by atoms with van der Waals surface area (Å²) < 4.78 is 9.90. The van der Waals surface area contributed by atoms with Crippen molar-refractivity contribution in [2.45, 2.75) is 25.7 Å². The lowest BCUT2D eigenvalue weighted by atomic mass is 10.2. The van der Waals surface area contributed by atoms with Crippen LogP contribution in [0, 0.1) is 0 Å². The highest BCUT2D eigenvalue weighted by molar-refractivity contribution is 5.92. The molecule has 1 aliphatic heterocycles. The highest BCUT2D eigenvalue weighted by atomic mass is 16.5. The Labute approximate surface area is 113 Å². The molecule has 1 aromatic heterocycles. The molecule has 0 N–H and O–H groups in total. The Morgan fingerprint density at radius 2 is 1.84 bits per heavy atom. The summed E-state index contributed by atoms with van der Waals surface area (Å²) in [5.74, 6) is 0.770. The first-order valence-corrected chi connectivity index (χ1v) is 6.64. The van der Waals surface area contributed by atoms with Gasteiger partial charge in [0.05, 0.1) is 14.2 Å². The van der Waals surface area contributed by atoms with Crippen LogP contribution in [0.2, 0.25) is 0 Å². The normalized spacial score (nSPS) is 15.8. The van der Waals surface area contributed by atoms with Crippen molar-refractivity contribution in [3.63, 3.8) is 0 Å². The van der Waals surface area contributed by atoms with E-state index in [9.17, 15) is 4.79 Å². The average molecular weight is 264 g/mol. The largest absolute Gasteiger partial charge is 0.480 e. The van der Waals surface area contributed by atoms with Gasteiger partial charge in [0.15, 0.2) is 0 Å². The lowest BCUT2D eigenvalue weighted by Gasteiger charge is -2.22. The summed E-state index contributed by atoms with van der Waals surface area (Å²) >= 11 is 0. The predicted molar refractivity (Wildman–Crippen MR) is 72.8 cm³/mol. The third-order valence-electron chi connectivity index (χ3n) is 3.37. The van der Waals surface area contributed by atoms with E-state index in [-0.39, 0.29) is 0 Å². The summed E-state index contributed by atoms with van der Waals surface area (Å²) in [6.07, 6.45) is 4.91. The molecule has 0 amide bonds. The van der Waals surface area contributed by atoms with Crippen LogP contribution >= 0.6 is 0 Å². The summed E-state index contributed by atoms with van der Waals surface area (Å²) in [6, 6.07) is 3.58. The van der Waals surface area contributed by atoms with Gasteiger partial charge in [0, 0.05) is 13.1 Å². The average Bonchev–Trinajstić information content (AvgIpc) is 2.74. The molecule has 0 aliphatic carbocycles. The van der Waals surface area contributed by atoms with Gasteiger partial charge in [0.2, 0.25) is 5.88 Å². The number of anilines is 1. The van der Waals surface area contributed by atoms with E-state index >= 15 is 0 Å². The Kier molecular flexibility index (Phi) is 4.60. The molecule has 0 spiro atoms. The van der Waals surface area contributed by atoms with E-state index in [1.807, 2.05) is 6.07 Å². The zero-order chi connectivity index (χ0) is 13.7. The molecule has 2 heterocycles. The van der Waals surface area contributed by atoms with Crippen LogP contribution in [0.5, 0.6) is 5.88 Å². The molecule has 5 heteroatoms. The van der Waals surface area contributed by atoms with Crippen molar-refractivity contribution in [2.24, 2.45) is 0 Å². The van der Waals surface area contributed by atoms with Crippen LogP contribution in [-0.4, -0.2) is 38.3 Å². The number of rotatable bonds is 3. The van der Waals surface area contributed by atoms with E-state index in [2.05, 4.69) is 9.88 Å². The van der Waals surface area contributed by atoms with E-state index in [0.29, 0.717) is 11.4 Å². The van der Waals surface area contributed by atoms with Crippen LogP contribution in [0.1, 0.15) is 36.0 Å². The van der Waals surface area contributed by atoms with E-state index in [0.717, 1.165) is 18.9 Å². The number of nitrogens with zero attached hydrogens (tertiary/aromatic N) is 2. The summed E-state index contributed by atoms with van der Waals surface area (Å²) in [5, 5.41) is 0. The van der Waals surface area contributed by atoms with Gasteiger partial charge in [-0.1, -0.05) is 12.8 Å². The van der Waals surface area contributed by atoms with Gasteiger partial charge in [-0.3, -0.25) is 0 Å². The molecule has 0 atom stereocenters. The molecule has 0 aromatic carbocycles. The van der Waals surface area contributed by atoms with Crippen LogP contribution in [0.15, 0.2) is 12.1 Å². The van der Waals surface area contributed by atoms with Gasteiger partial charge < -0.3 is 14.4 Å². The zero-order valence-corrected chi connectivity index (χ0v) is 11.5. The van der Waals surface area contributed by atoms with Crippen molar-refractivity contribution in [1.29, 1.82) is 0 Å². The van der Waals surface area contributed by atoms with Crippen LogP contribution in [0.4, 0.5) is 5.82 Å². The monoisotopic (exact) mass is 264 g/mol. The SMILES string of the molecule is COC(=O)c1ccc(N2CCCCCC2)nc1OC. The van der Waals surface area contributed by atoms with Crippen LogP contribution in [0.25, 0.3) is 0 Å². The highest BCUT2D eigenvalue weighted by Gasteiger charge is 2.17. The minimum Gasteiger partial charge on any atom is -0.480 e. The van der Waals surface area contributed by atoms with Crippen molar-refractivity contribution in [3.8, 4) is 5.88 Å². The van der Waals surface area contributed by atoms with E-state index < -0.39 is 5.97 Å². The molecule has 1 aromatic rings. The zero-order valence-electron chi connectivity index (χ0n) is 11.5. The van der Waals surface area contributed by atoms with Crippen LogP contribution in [-0.2, 0) is 4.74 Å². The Bertz CT molecular complexity index is 440. The third-order valence-corrected chi connectivity index (χ3v) is 3.37. The number of methoxy groups -OCH3 is 2. The van der Waals surface area contributed by atoms with Crippen molar-refractivity contribution in [1.82, 2.24) is 4.98 Å². The first-order chi connectivity index (χ1) is 9.26. The smallest absolute Gasteiger partial charge is 0.343 e. The van der Waals surface area contributed by atoms with E-state index in [1.54, 1.807) is 6.07 Å². The predicted octanol–water partition coefficient (Wildman–Crippen LogP) is 2.26. The fourth-order valence-corrected chi connectivity index (χ4v) is 2.33. The lowest BCUT2D eigenvalue weighted by Crippen LogP contribution is -2.25. The van der Waals surface area contributed by atoms with E-state index in [4.69, 9.17) is 9.47 Å². The van der Waals surface area contributed by atoms with Crippen molar-refractivity contribution in [3.05, 3.63) is 17.7 Å². The molecule has 5 nitrogen and oxygen atoms in total. The highest BCUT2D eigenvalue weighted by Crippen LogP contribution is 2.23. The summed E-state index contributed by atoms with van der Waals surface area (Å²) in [6.45, 7) is 2.02. The van der Waals surface area contributed by atoms with Gasteiger partial charge in [0.25, 0.3) is 0 Å². The van der Waals surface area contributed by atoms with Crippen LogP contribution < -0.4 is 9.64 Å². The number of carbonyl (C=O) groups excluding carboxylic acids is 1. The lowest BCUT2D eigenvalue weighted by molar-refractivity contribution is 0.0596. The number of aromatic nitrogens is 1. The molecule has 1 fully saturated rings. The first kappa shape index (κ1) is 13.6. The number of esters is 1. The second-order valence-electron chi connectivity index (χ2n) is 4.62. The fraction of sp³-hybridized carbons (Fsp3) is 0.571. The Morgan fingerprint density at radius 1 is 1.16 bits per heavy atom. The Morgan fingerprint density at radius 3 is 2.42 bits per heavy atom. The first-order valence-electron chi connectivity index (χ1n) is 6.64. The Hall–Kier alpha value is -1.78. The molecule has 1 aliphatic rings. The maximum atomic E-state index is 11.6. The molecule has 1 saturated heterocycles. The van der Waals surface area contributed by atoms with Gasteiger partial charge in [-0.2, -0.15) is 4.98 Å². The molecule has 0 unspecified atom stereocenters. The second kappa shape index (κ2) is 6.41. The molecular weight excluding hydrogens is 244 g/mol. The molecule has 104 valence electrons. The summed E-state index contributed by atoms with van der Waals surface area (Å²) in [7, 11) is 2.87. The number of ether oxygens (including phenoxy) is 2. The maximum Gasteiger partial charge on any atom is 0.343 e. The van der Waals surface area contributed by atoms with E-state index in [1.165, 1.54) is 39.9 Å².